The van der Waals surface area contributed by atoms with Crippen LogP contribution in [-0.4, -0.2) is 24.9 Å². The highest BCUT2D eigenvalue weighted by Crippen LogP contribution is 2.13. The first-order valence-corrected chi connectivity index (χ1v) is 10.6. The maximum atomic E-state index is 11.8. The Morgan fingerprint density at radius 1 is 0.815 bits per heavy atom. The summed E-state index contributed by atoms with van der Waals surface area (Å²) in [6, 6.07) is 7.35. The van der Waals surface area contributed by atoms with Crippen molar-refractivity contribution in [2.75, 3.05) is 18.5 Å². The Balaban J connectivity index is 2.02. The Hall–Kier alpha value is -1.84. The predicted octanol–water partition coefficient (Wildman–Crippen LogP) is 6.16. The van der Waals surface area contributed by atoms with Gasteiger partial charge in [-0.3, -0.25) is 9.59 Å². The number of ether oxygens (including phenoxy) is 1. The van der Waals surface area contributed by atoms with Gasteiger partial charge < -0.3 is 10.1 Å². The summed E-state index contributed by atoms with van der Waals surface area (Å²) in [6.07, 6.45) is 14.8. The Labute approximate surface area is 165 Å². The van der Waals surface area contributed by atoms with E-state index in [0.717, 1.165) is 12.2 Å². The zero-order chi connectivity index (χ0) is 19.7. The van der Waals surface area contributed by atoms with E-state index in [1.165, 1.54) is 77.6 Å². The molecule has 4 nitrogen and oxygen atoms in total. The molecule has 0 spiro atoms. The molecule has 27 heavy (non-hydrogen) atoms. The van der Waals surface area contributed by atoms with Crippen LogP contribution in [0.25, 0.3) is 0 Å². The normalized spacial score (nSPS) is 10.6. The van der Waals surface area contributed by atoms with Crippen molar-refractivity contribution in [2.45, 2.75) is 84.5 Å². The van der Waals surface area contributed by atoms with Gasteiger partial charge in [0.05, 0.1) is 0 Å². The highest BCUT2D eigenvalue weighted by Gasteiger charge is 2.07. The summed E-state index contributed by atoms with van der Waals surface area (Å²) in [6.45, 7) is 4.33. The molecular weight excluding hydrogens is 338 g/mol. The van der Waals surface area contributed by atoms with E-state index in [0.29, 0.717) is 5.56 Å². The smallest absolute Gasteiger partial charge is 0.303 e. The summed E-state index contributed by atoms with van der Waals surface area (Å²) in [5.74, 6) is -0.615. The SMILES string of the molecule is CCCCCCCCCCCCCNc1ccc(C(=O)COC(C)=O)cc1. The summed E-state index contributed by atoms with van der Waals surface area (Å²) in [5.41, 5.74) is 1.59. The van der Waals surface area contributed by atoms with Crippen LogP contribution >= 0.6 is 0 Å². The molecule has 0 heterocycles. The van der Waals surface area contributed by atoms with Crippen LogP contribution in [0.3, 0.4) is 0 Å². The van der Waals surface area contributed by atoms with E-state index >= 15 is 0 Å². The molecule has 0 aliphatic heterocycles. The standard InChI is InChI=1S/C23H37NO3/c1-3-4-5-6-7-8-9-10-11-12-13-18-24-22-16-14-21(15-17-22)23(26)19-27-20(2)25/h14-17,24H,3-13,18-19H2,1-2H3. The van der Waals surface area contributed by atoms with Crippen molar-refractivity contribution in [3.8, 4) is 0 Å². The minimum Gasteiger partial charge on any atom is -0.457 e. The number of unbranched alkanes of at least 4 members (excludes halogenated alkanes) is 10. The first-order chi connectivity index (χ1) is 13.1. The van der Waals surface area contributed by atoms with Crippen LogP contribution in [-0.2, 0) is 9.53 Å². The molecule has 0 unspecified atom stereocenters. The van der Waals surface area contributed by atoms with Crippen LogP contribution in [0.1, 0.15) is 94.8 Å². The summed E-state index contributed by atoms with van der Waals surface area (Å²) in [5, 5.41) is 3.40. The fourth-order valence-corrected chi connectivity index (χ4v) is 3.05. The van der Waals surface area contributed by atoms with Crippen molar-refractivity contribution < 1.29 is 14.3 Å². The number of hydrogen-bond donors (Lipinski definition) is 1. The van der Waals surface area contributed by atoms with E-state index in [4.69, 9.17) is 4.74 Å². The lowest BCUT2D eigenvalue weighted by Crippen LogP contribution is -2.11. The minimum absolute atomic E-state index is 0.179. The molecule has 1 N–H and O–H groups in total. The predicted molar refractivity (Wildman–Crippen MR) is 112 cm³/mol. The number of benzene rings is 1. The van der Waals surface area contributed by atoms with Gasteiger partial charge in [-0.25, -0.2) is 0 Å². The van der Waals surface area contributed by atoms with E-state index in [1.807, 2.05) is 12.1 Å². The van der Waals surface area contributed by atoms with Gasteiger partial charge in [-0.1, -0.05) is 71.1 Å². The highest BCUT2D eigenvalue weighted by molar-refractivity contribution is 5.98. The van der Waals surface area contributed by atoms with E-state index in [-0.39, 0.29) is 12.4 Å². The second kappa shape index (κ2) is 15.2. The zero-order valence-corrected chi connectivity index (χ0v) is 17.2. The second-order valence-corrected chi connectivity index (χ2v) is 7.24. The number of Topliss-reactive ketones (excluding diaryl/α,β-unsaturated/α-hetero) is 1. The molecule has 0 radical (unpaired) electrons. The number of anilines is 1. The van der Waals surface area contributed by atoms with Gasteiger partial charge in [-0.05, 0) is 30.7 Å². The van der Waals surface area contributed by atoms with Crippen LogP contribution in [0, 0.1) is 0 Å². The molecule has 152 valence electrons. The lowest BCUT2D eigenvalue weighted by atomic mass is 10.1. The molecule has 0 saturated heterocycles. The monoisotopic (exact) mass is 375 g/mol. The number of nitrogens with one attached hydrogen (secondary N) is 1. The fourth-order valence-electron chi connectivity index (χ4n) is 3.05. The van der Waals surface area contributed by atoms with Gasteiger partial charge in [0.2, 0.25) is 0 Å². The molecule has 4 heteroatoms. The van der Waals surface area contributed by atoms with Gasteiger partial charge in [0, 0.05) is 24.7 Å². The summed E-state index contributed by atoms with van der Waals surface area (Å²) in [7, 11) is 0. The average Bonchev–Trinajstić information content (AvgIpc) is 2.67. The zero-order valence-electron chi connectivity index (χ0n) is 17.2. The Bertz CT molecular complexity index is 525. The van der Waals surface area contributed by atoms with Gasteiger partial charge in [0.1, 0.15) is 0 Å². The lowest BCUT2D eigenvalue weighted by molar-refractivity contribution is -0.139. The van der Waals surface area contributed by atoms with E-state index < -0.39 is 5.97 Å². The van der Waals surface area contributed by atoms with Gasteiger partial charge in [0.15, 0.2) is 12.4 Å². The number of carbonyl (C=O) groups is 2. The molecule has 0 bridgehead atoms. The Morgan fingerprint density at radius 3 is 1.85 bits per heavy atom. The van der Waals surface area contributed by atoms with E-state index in [9.17, 15) is 9.59 Å². The third kappa shape index (κ3) is 12.2. The summed E-state index contributed by atoms with van der Waals surface area (Å²) >= 11 is 0. The molecule has 1 aromatic carbocycles. The van der Waals surface area contributed by atoms with Crippen LogP contribution in [0.5, 0.6) is 0 Å². The number of ketones is 1. The van der Waals surface area contributed by atoms with Crippen molar-refractivity contribution in [1.29, 1.82) is 0 Å². The molecule has 1 rings (SSSR count). The van der Waals surface area contributed by atoms with Crippen molar-refractivity contribution in [3.05, 3.63) is 29.8 Å². The number of esters is 1. The first kappa shape index (κ1) is 23.2. The fraction of sp³-hybridized carbons (Fsp3) is 0.652. The first-order valence-electron chi connectivity index (χ1n) is 10.6. The van der Waals surface area contributed by atoms with Crippen LogP contribution < -0.4 is 5.32 Å². The van der Waals surface area contributed by atoms with Crippen LogP contribution in [0.2, 0.25) is 0 Å². The Kier molecular flexibility index (Phi) is 13.1. The third-order valence-electron chi connectivity index (χ3n) is 4.72. The quantitative estimate of drug-likeness (QED) is 0.214. The largest absolute Gasteiger partial charge is 0.457 e. The molecule has 0 saturated carbocycles. The number of hydrogen-bond acceptors (Lipinski definition) is 4. The van der Waals surface area contributed by atoms with Crippen molar-refractivity contribution >= 4 is 17.4 Å². The van der Waals surface area contributed by atoms with Gasteiger partial charge in [-0.2, -0.15) is 0 Å². The number of carbonyl (C=O) groups excluding carboxylic acids is 2. The average molecular weight is 376 g/mol. The number of rotatable bonds is 16. The molecule has 0 aromatic heterocycles. The Morgan fingerprint density at radius 2 is 1.33 bits per heavy atom. The summed E-state index contributed by atoms with van der Waals surface area (Å²) in [4.78, 5) is 22.6. The maximum Gasteiger partial charge on any atom is 0.303 e. The molecule has 1 aromatic rings. The molecule has 0 aliphatic rings. The lowest BCUT2D eigenvalue weighted by Gasteiger charge is -2.08. The van der Waals surface area contributed by atoms with Gasteiger partial charge >= 0.3 is 5.97 Å². The maximum absolute atomic E-state index is 11.8. The van der Waals surface area contributed by atoms with Gasteiger partial charge in [0.25, 0.3) is 0 Å². The third-order valence-corrected chi connectivity index (χ3v) is 4.72. The molecule has 0 fully saturated rings. The van der Waals surface area contributed by atoms with Crippen LogP contribution in [0.15, 0.2) is 24.3 Å². The second-order valence-electron chi connectivity index (χ2n) is 7.24. The van der Waals surface area contributed by atoms with Crippen molar-refractivity contribution in [3.63, 3.8) is 0 Å². The molecular formula is C23H37NO3. The topological polar surface area (TPSA) is 55.4 Å². The minimum atomic E-state index is -0.436. The molecule has 0 atom stereocenters. The van der Waals surface area contributed by atoms with Crippen molar-refractivity contribution in [2.24, 2.45) is 0 Å². The van der Waals surface area contributed by atoms with Crippen molar-refractivity contribution in [1.82, 2.24) is 0 Å². The summed E-state index contributed by atoms with van der Waals surface area (Å²) < 4.78 is 4.73. The van der Waals surface area contributed by atoms with Gasteiger partial charge in [-0.15, -0.1) is 0 Å². The van der Waals surface area contributed by atoms with E-state index in [1.54, 1.807) is 12.1 Å². The molecule has 0 aliphatic carbocycles. The molecule has 0 amide bonds. The van der Waals surface area contributed by atoms with Crippen LogP contribution in [0.4, 0.5) is 5.69 Å². The highest BCUT2D eigenvalue weighted by atomic mass is 16.5. The van der Waals surface area contributed by atoms with E-state index in [2.05, 4.69) is 12.2 Å².